The lowest BCUT2D eigenvalue weighted by Crippen LogP contribution is -2.47. The number of ether oxygens (including phenoxy) is 1. The lowest BCUT2D eigenvalue weighted by Gasteiger charge is -2.39. The first-order chi connectivity index (χ1) is 20.2. The van der Waals surface area contributed by atoms with E-state index in [1.54, 1.807) is 23.4 Å². The second kappa shape index (κ2) is 11.6. The molecule has 220 valence electrons. The number of benzene rings is 1. The predicted molar refractivity (Wildman–Crippen MR) is 171 cm³/mol. The Hall–Kier alpha value is -3.62. The van der Waals surface area contributed by atoms with Gasteiger partial charge in [-0.15, -0.1) is 0 Å². The molecule has 1 aromatic carbocycles. The molecule has 0 unspecified atom stereocenters. The molecule has 0 atom stereocenters. The van der Waals surface area contributed by atoms with E-state index in [9.17, 15) is 9.90 Å². The number of aromatic nitrogens is 2. The van der Waals surface area contributed by atoms with Gasteiger partial charge in [0.1, 0.15) is 22.7 Å². The van der Waals surface area contributed by atoms with Crippen molar-refractivity contribution >= 4 is 39.6 Å². The number of anilines is 1. The highest BCUT2D eigenvalue weighted by Gasteiger charge is 2.31. The van der Waals surface area contributed by atoms with Crippen LogP contribution in [0.1, 0.15) is 74.4 Å². The van der Waals surface area contributed by atoms with Gasteiger partial charge in [-0.1, -0.05) is 33.3 Å². The average molecular weight is 585 g/mol. The summed E-state index contributed by atoms with van der Waals surface area (Å²) in [5, 5.41) is 15.4. The fraction of sp³-hybridized carbons (Fsp3) is 0.412. The molecule has 1 aliphatic carbocycles. The molecule has 0 spiro atoms. The molecule has 1 aliphatic heterocycles. The van der Waals surface area contributed by atoms with E-state index in [0.29, 0.717) is 22.8 Å². The number of aromatic amines is 1. The van der Waals surface area contributed by atoms with Gasteiger partial charge in [-0.2, -0.15) is 11.3 Å². The molecule has 4 heterocycles. The van der Waals surface area contributed by atoms with Crippen LogP contribution in [0.2, 0.25) is 0 Å². The fourth-order valence-electron chi connectivity index (χ4n) is 6.30. The molecule has 1 saturated heterocycles. The Morgan fingerprint density at radius 2 is 1.95 bits per heavy atom. The van der Waals surface area contributed by atoms with Gasteiger partial charge in [0.2, 0.25) is 0 Å². The molecule has 0 amide bonds. The normalized spacial score (nSPS) is 17.8. The zero-order valence-corrected chi connectivity index (χ0v) is 25.8. The topological polar surface area (TPSA) is 81.7 Å². The van der Waals surface area contributed by atoms with E-state index in [4.69, 9.17) is 4.74 Å². The number of thiophene rings is 1. The summed E-state index contributed by atoms with van der Waals surface area (Å²) in [4.78, 5) is 24.4. The quantitative estimate of drug-likeness (QED) is 0.218. The van der Waals surface area contributed by atoms with Gasteiger partial charge in [-0.25, -0.2) is 9.78 Å². The number of nitrogens with one attached hydrogen (secondary N) is 1. The van der Waals surface area contributed by atoms with Crippen molar-refractivity contribution in [1.29, 1.82) is 0 Å². The summed E-state index contributed by atoms with van der Waals surface area (Å²) >= 11 is 1.83. The maximum atomic E-state index is 12.0. The Morgan fingerprint density at radius 3 is 2.71 bits per heavy atom. The summed E-state index contributed by atoms with van der Waals surface area (Å²) in [6, 6.07) is 9.18. The summed E-state index contributed by atoms with van der Waals surface area (Å²) in [6.45, 7) is 14.1. The number of allylic oxidation sites excluding steroid dienone is 1. The van der Waals surface area contributed by atoms with Crippen LogP contribution in [0, 0.1) is 5.41 Å². The third-order valence-corrected chi connectivity index (χ3v) is 9.54. The second-order valence-corrected chi connectivity index (χ2v) is 13.5. The van der Waals surface area contributed by atoms with Crippen LogP contribution in [0.25, 0.3) is 16.6 Å². The van der Waals surface area contributed by atoms with Crippen LogP contribution >= 0.6 is 11.3 Å². The maximum absolute atomic E-state index is 12.0. The number of fused-ring (bicyclic) bond motifs is 1. The standard InChI is InChI=1S/C34H40N4O3S/c1-22(2)29-20-42-21-30(29)28-17-34(3,4)9-7-24(28)19-37-11-13-38(14-12-37)25-5-6-27(33(39)40)31(16-25)41-26-15-23-8-10-35-32(23)36-18-26/h5-6,8,10,15-16,18,20-22H,7,9,11-14,17,19H2,1-4H3,(H,35,36)(H,39,40). The lowest BCUT2D eigenvalue weighted by molar-refractivity contribution is 0.0694. The molecule has 0 bridgehead atoms. The number of H-pyrrole nitrogens is 1. The largest absolute Gasteiger partial charge is 0.478 e. The van der Waals surface area contributed by atoms with Crippen molar-refractivity contribution in [2.75, 3.05) is 37.6 Å². The molecule has 4 aromatic rings. The maximum Gasteiger partial charge on any atom is 0.339 e. The highest BCUT2D eigenvalue weighted by Crippen LogP contribution is 2.45. The minimum Gasteiger partial charge on any atom is -0.478 e. The number of piperazine rings is 1. The molecule has 2 N–H and O–H groups in total. The molecule has 2 aliphatic rings. The number of rotatable bonds is 8. The van der Waals surface area contributed by atoms with E-state index in [1.807, 2.05) is 41.8 Å². The number of pyridine rings is 1. The third-order valence-electron chi connectivity index (χ3n) is 8.78. The highest BCUT2D eigenvalue weighted by atomic mass is 32.1. The third kappa shape index (κ3) is 5.96. The van der Waals surface area contributed by atoms with Crippen molar-refractivity contribution in [3.63, 3.8) is 0 Å². The van der Waals surface area contributed by atoms with E-state index in [-0.39, 0.29) is 5.56 Å². The first-order valence-electron chi connectivity index (χ1n) is 14.9. The van der Waals surface area contributed by atoms with Gasteiger partial charge in [-0.3, -0.25) is 4.90 Å². The van der Waals surface area contributed by atoms with Gasteiger partial charge in [0.25, 0.3) is 0 Å². The van der Waals surface area contributed by atoms with Gasteiger partial charge in [0, 0.05) is 56.1 Å². The van der Waals surface area contributed by atoms with Crippen LogP contribution < -0.4 is 9.64 Å². The predicted octanol–water partition coefficient (Wildman–Crippen LogP) is 8.02. The van der Waals surface area contributed by atoms with Gasteiger partial charge in [-0.05, 0) is 82.3 Å². The number of nitrogens with zero attached hydrogens (tertiary/aromatic N) is 3. The summed E-state index contributed by atoms with van der Waals surface area (Å²) in [5.74, 6) is 0.360. The van der Waals surface area contributed by atoms with Crippen LogP contribution in [0.5, 0.6) is 11.5 Å². The number of carbonyl (C=O) groups is 1. The monoisotopic (exact) mass is 584 g/mol. The molecule has 1 fully saturated rings. The molecule has 3 aromatic heterocycles. The molecular formula is C34H40N4O3S. The lowest BCUT2D eigenvalue weighted by atomic mass is 9.72. The van der Waals surface area contributed by atoms with Crippen molar-refractivity contribution < 1.29 is 14.6 Å². The van der Waals surface area contributed by atoms with Crippen LogP contribution in [-0.4, -0.2) is 58.7 Å². The second-order valence-electron chi connectivity index (χ2n) is 12.8. The van der Waals surface area contributed by atoms with Gasteiger partial charge in [0.15, 0.2) is 0 Å². The van der Waals surface area contributed by atoms with E-state index < -0.39 is 5.97 Å². The fourth-order valence-corrected chi connectivity index (χ4v) is 7.33. The molecule has 6 rings (SSSR count). The van der Waals surface area contributed by atoms with Crippen molar-refractivity contribution in [3.8, 4) is 11.5 Å². The summed E-state index contributed by atoms with van der Waals surface area (Å²) in [5.41, 5.74) is 8.37. The first kappa shape index (κ1) is 28.5. The van der Waals surface area contributed by atoms with Gasteiger partial charge in [0.05, 0.1) is 6.20 Å². The molecular weight excluding hydrogens is 544 g/mol. The number of hydrogen-bond donors (Lipinski definition) is 2. The van der Waals surface area contributed by atoms with Crippen LogP contribution in [0.15, 0.2) is 59.1 Å². The summed E-state index contributed by atoms with van der Waals surface area (Å²) in [7, 11) is 0. The highest BCUT2D eigenvalue weighted by molar-refractivity contribution is 7.08. The summed E-state index contributed by atoms with van der Waals surface area (Å²) < 4.78 is 6.09. The Bertz CT molecular complexity index is 1620. The number of carboxylic acid groups (broad SMARTS) is 1. The number of carboxylic acids is 1. The van der Waals surface area contributed by atoms with E-state index in [0.717, 1.165) is 62.3 Å². The van der Waals surface area contributed by atoms with E-state index >= 15 is 0 Å². The van der Waals surface area contributed by atoms with Crippen molar-refractivity contribution in [1.82, 2.24) is 14.9 Å². The van der Waals surface area contributed by atoms with Crippen molar-refractivity contribution in [2.45, 2.75) is 52.9 Å². The smallest absolute Gasteiger partial charge is 0.339 e. The van der Waals surface area contributed by atoms with E-state index in [2.05, 4.69) is 58.2 Å². The van der Waals surface area contributed by atoms with Crippen LogP contribution in [-0.2, 0) is 0 Å². The van der Waals surface area contributed by atoms with Crippen LogP contribution in [0.4, 0.5) is 5.69 Å². The number of aromatic carboxylic acids is 1. The number of hydrogen-bond acceptors (Lipinski definition) is 6. The molecule has 42 heavy (non-hydrogen) atoms. The SMILES string of the molecule is CC(C)c1cscc1C1=C(CN2CCN(c3ccc(C(=O)O)c(Oc4cnc5[nH]ccc5c4)c3)CC2)CCC(C)(C)C1. The molecule has 8 heteroatoms. The Balaban J connectivity index is 1.18. The van der Waals surface area contributed by atoms with Crippen molar-refractivity contribution in [3.05, 3.63) is 75.7 Å². The minimum absolute atomic E-state index is 0.139. The molecule has 0 saturated carbocycles. The average Bonchev–Trinajstić information content (AvgIpc) is 3.64. The zero-order chi connectivity index (χ0) is 29.4. The zero-order valence-electron chi connectivity index (χ0n) is 24.9. The summed E-state index contributed by atoms with van der Waals surface area (Å²) in [6.07, 6.45) is 6.98. The van der Waals surface area contributed by atoms with E-state index in [1.165, 1.54) is 17.5 Å². The minimum atomic E-state index is -1.01. The Kier molecular flexibility index (Phi) is 7.85. The Labute approximate surface area is 251 Å². The van der Waals surface area contributed by atoms with Gasteiger partial charge >= 0.3 is 5.97 Å². The van der Waals surface area contributed by atoms with Gasteiger partial charge < -0.3 is 19.7 Å². The van der Waals surface area contributed by atoms with Crippen LogP contribution in [0.3, 0.4) is 0 Å². The first-order valence-corrected chi connectivity index (χ1v) is 15.8. The molecule has 7 nitrogen and oxygen atoms in total. The van der Waals surface area contributed by atoms with Crippen molar-refractivity contribution in [2.24, 2.45) is 5.41 Å². The Morgan fingerprint density at radius 1 is 1.14 bits per heavy atom. The molecule has 0 radical (unpaired) electrons.